The molecule has 6 nitrogen and oxygen atoms in total. The lowest BCUT2D eigenvalue weighted by Gasteiger charge is -2.12. The number of ether oxygens (including phenoxy) is 1. The van der Waals surface area contributed by atoms with E-state index in [1.807, 2.05) is 14.0 Å². The normalized spacial score (nSPS) is 23.2. The molecule has 2 rings (SSSR count). The van der Waals surface area contributed by atoms with Crippen LogP contribution in [-0.4, -0.2) is 41.7 Å². The topological polar surface area (TPSA) is 55.4 Å². The first-order valence-corrected chi connectivity index (χ1v) is 5.93. The lowest BCUT2D eigenvalue weighted by Crippen LogP contribution is -2.34. The van der Waals surface area contributed by atoms with Gasteiger partial charge in [0.05, 0.1) is 20.1 Å². The quantitative estimate of drug-likeness (QED) is 0.523. The predicted molar refractivity (Wildman–Crippen MR) is 62.6 cm³/mol. The van der Waals surface area contributed by atoms with Crippen LogP contribution in [0.5, 0.6) is 0 Å². The van der Waals surface area contributed by atoms with Crippen LogP contribution in [0.4, 0.5) is 4.79 Å². The second kappa shape index (κ2) is 4.80. The van der Waals surface area contributed by atoms with E-state index in [4.69, 9.17) is 4.74 Å². The molecule has 98 valence electrons. The summed E-state index contributed by atoms with van der Waals surface area (Å²) in [5, 5.41) is 0. The molecule has 1 amide bonds. The summed E-state index contributed by atoms with van der Waals surface area (Å²) >= 11 is 0. The second-order valence-electron chi connectivity index (χ2n) is 4.78. The highest BCUT2D eigenvalue weighted by atomic mass is 16.5. The molecular formula is C12H18N3O3+. The third-order valence-electron chi connectivity index (χ3n) is 3.38. The van der Waals surface area contributed by atoms with Crippen molar-refractivity contribution < 1.29 is 18.9 Å². The number of hydrogen-bond donors (Lipinski definition) is 0. The van der Waals surface area contributed by atoms with Crippen LogP contribution in [0.2, 0.25) is 0 Å². The molecule has 2 atom stereocenters. The number of likely N-dealkylation sites (tertiary alicyclic amines) is 1. The summed E-state index contributed by atoms with van der Waals surface area (Å²) in [7, 11) is 3.24. The molecule has 0 aromatic carbocycles. The Bertz CT molecular complexity index is 469. The first-order chi connectivity index (χ1) is 8.52. The van der Waals surface area contributed by atoms with Crippen molar-refractivity contribution in [3.05, 3.63) is 18.7 Å². The highest BCUT2D eigenvalue weighted by Gasteiger charge is 2.39. The SMILES string of the molecule is COC(=O)C1CN(C(=O)n2cc[n+](C)c2)CC1C. The minimum Gasteiger partial charge on any atom is -0.469 e. The Morgan fingerprint density at radius 1 is 1.39 bits per heavy atom. The Labute approximate surface area is 106 Å². The first-order valence-electron chi connectivity index (χ1n) is 5.93. The van der Waals surface area contributed by atoms with Gasteiger partial charge in [0.25, 0.3) is 6.33 Å². The average Bonchev–Trinajstić information content (AvgIpc) is 2.94. The van der Waals surface area contributed by atoms with Crippen molar-refractivity contribution in [1.82, 2.24) is 9.47 Å². The molecule has 1 aromatic rings. The summed E-state index contributed by atoms with van der Waals surface area (Å²) in [5.74, 6) is -0.329. The number of carbonyl (C=O) groups excluding carboxylic acids is 2. The molecule has 0 radical (unpaired) electrons. The van der Waals surface area contributed by atoms with E-state index in [0.717, 1.165) is 0 Å². The van der Waals surface area contributed by atoms with Gasteiger partial charge in [-0.15, -0.1) is 0 Å². The van der Waals surface area contributed by atoms with Gasteiger partial charge in [0.1, 0.15) is 12.4 Å². The van der Waals surface area contributed by atoms with Gasteiger partial charge >= 0.3 is 12.0 Å². The van der Waals surface area contributed by atoms with E-state index >= 15 is 0 Å². The number of nitrogens with zero attached hydrogens (tertiary/aromatic N) is 3. The van der Waals surface area contributed by atoms with Crippen molar-refractivity contribution in [2.75, 3.05) is 20.2 Å². The zero-order valence-electron chi connectivity index (χ0n) is 10.9. The molecule has 1 aliphatic heterocycles. The fourth-order valence-electron chi connectivity index (χ4n) is 2.31. The molecule has 0 saturated carbocycles. The fourth-order valence-corrected chi connectivity index (χ4v) is 2.31. The van der Waals surface area contributed by atoms with Gasteiger partial charge in [-0.25, -0.2) is 9.36 Å². The molecular weight excluding hydrogens is 234 g/mol. The number of methoxy groups -OCH3 is 1. The maximum atomic E-state index is 12.2. The Hall–Kier alpha value is -1.85. The number of hydrogen-bond acceptors (Lipinski definition) is 3. The number of carbonyl (C=O) groups is 2. The van der Waals surface area contributed by atoms with E-state index < -0.39 is 0 Å². The molecule has 2 heterocycles. The van der Waals surface area contributed by atoms with E-state index in [1.54, 1.807) is 28.2 Å². The van der Waals surface area contributed by atoms with Crippen molar-refractivity contribution in [2.45, 2.75) is 6.92 Å². The number of aryl methyl sites for hydroxylation is 1. The molecule has 1 fully saturated rings. The first kappa shape index (κ1) is 12.6. The average molecular weight is 252 g/mol. The van der Waals surface area contributed by atoms with E-state index in [-0.39, 0.29) is 23.8 Å². The van der Waals surface area contributed by atoms with Crippen LogP contribution in [0.15, 0.2) is 18.7 Å². The number of amides is 1. The molecule has 18 heavy (non-hydrogen) atoms. The molecule has 0 bridgehead atoms. The summed E-state index contributed by atoms with van der Waals surface area (Å²) < 4.78 is 8.08. The number of esters is 1. The van der Waals surface area contributed by atoms with Crippen LogP contribution >= 0.6 is 0 Å². The van der Waals surface area contributed by atoms with Gasteiger partial charge in [0, 0.05) is 13.1 Å². The molecule has 1 saturated heterocycles. The Kier molecular flexibility index (Phi) is 3.36. The summed E-state index contributed by atoms with van der Waals surface area (Å²) in [6, 6.07) is -0.103. The molecule has 0 aliphatic carbocycles. The maximum Gasteiger partial charge on any atom is 0.415 e. The van der Waals surface area contributed by atoms with Crippen LogP contribution in [0.3, 0.4) is 0 Å². The van der Waals surface area contributed by atoms with Crippen LogP contribution in [0.25, 0.3) is 0 Å². The zero-order chi connectivity index (χ0) is 13.3. The summed E-state index contributed by atoms with van der Waals surface area (Å²) in [5.41, 5.74) is 0. The fraction of sp³-hybridized carbons (Fsp3) is 0.583. The monoisotopic (exact) mass is 252 g/mol. The highest BCUT2D eigenvalue weighted by molar-refractivity contribution is 5.79. The van der Waals surface area contributed by atoms with Gasteiger partial charge in [-0.3, -0.25) is 4.79 Å². The van der Waals surface area contributed by atoms with E-state index in [2.05, 4.69) is 0 Å². The third-order valence-corrected chi connectivity index (χ3v) is 3.38. The molecule has 2 unspecified atom stereocenters. The zero-order valence-corrected chi connectivity index (χ0v) is 10.9. The van der Waals surface area contributed by atoms with Crippen LogP contribution in [-0.2, 0) is 16.6 Å². The summed E-state index contributed by atoms with van der Waals surface area (Å²) in [4.78, 5) is 25.4. The van der Waals surface area contributed by atoms with Gasteiger partial charge in [-0.2, -0.15) is 4.57 Å². The van der Waals surface area contributed by atoms with Crippen molar-refractivity contribution >= 4 is 12.0 Å². The van der Waals surface area contributed by atoms with Crippen molar-refractivity contribution in [2.24, 2.45) is 18.9 Å². The molecule has 1 aromatic heterocycles. The van der Waals surface area contributed by atoms with Crippen LogP contribution < -0.4 is 4.57 Å². The summed E-state index contributed by atoms with van der Waals surface area (Å²) in [6.07, 6.45) is 5.21. The standard InChI is InChI=1S/C12H18N3O3/c1-9-6-15(7-10(9)11(16)18-3)12(17)14-5-4-13(2)8-14/h4-5,8-10H,6-7H2,1-3H3/q+1. The highest BCUT2D eigenvalue weighted by Crippen LogP contribution is 2.24. The maximum absolute atomic E-state index is 12.2. The minimum atomic E-state index is -0.240. The van der Waals surface area contributed by atoms with Gasteiger partial charge in [-0.05, 0) is 5.92 Å². The predicted octanol–water partition coefficient (Wildman–Crippen LogP) is 0.0216. The smallest absolute Gasteiger partial charge is 0.415 e. The van der Waals surface area contributed by atoms with Crippen molar-refractivity contribution in [3.63, 3.8) is 0 Å². The van der Waals surface area contributed by atoms with E-state index in [9.17, 15) is 9.59 Å². The Balaban J connectivity index is 2.08. The molecule has 0 spiro atoms. The minimum absolute atomic E-state index is 0.103. The van der Waals surface area contributed by atoms with Gasteiger partial charge in [-0.1, -0.05) is 6.92 Å². The summed E-state index contributed by atoms with van der Waals surface area (Å²) in [6.45, 7) is 2.97. The Morgan fingerprint density at radius 3 is 2.67 bits per heavy atom. The van der Waals surface area contributed by atoms with Crippen LogP contribution in [0.1, 0.15) is 6.92 Å². The van der Waals surface area contributed by atoms with Crippen molar-refractivity contribution in [3.8, 4) is 0 Å². The lowest BCUT2D eigenvalue weighted by molar-refractivity contribution is -0.670. The van der Waals surface area contributed by atoms with Crippen LogP contribution in [0, 0.1) is 11.8 Å². The van der Waals surface area contributed by atoms with Gasteiger partial charge in [0.15, 0.2) is 0 Å². The van der Waals surface area contributed by atoms with E-state index in [0.29, 0.717) is 13.1 Å². The molecule has 0 N–H and O–H groups in total. The molecule has 6 heteroatoms. The Morgan fingerprint density at radius 2 is 2.11 bits per heavy atom. The number of rotatable bonds is 1. The number of aromatic nitrogens is 2. The van der Waals surface area contributed by atoms with Gasteiger partial charge in [0.2, 0.25) is 0 Å². The van der Waals surface area contributed by atoms with E-state index in [1.165, 1.54) is 11.7 Å². The number of imidazole rings is 1. The van der Waals surface area contributed by atoms with Gasteiger partial charge < -0.3 is 9.64 Å². The largest absolute Gasteiger partial charge is 0.469 e. The third kappa shape index (κ3) is 2.23. The lowest BCUT2D eigenvalue weighted by atomic mass is 9.99. The van der Waals surface area contributed by atoms with Crippen molar-refractivity contribution in [1.29, 1.82) is 0 Å². The second-order valence-corrected chi connectivity index (χ2v) is 4.78. The molecule has 1 aliphatic rings.